The number of aromatic amines is 1. The third-order valence-corrected chi connectivity index (χ3v) is 3.74. The van der Waals surface area contributed by atoms with E-state index in [4.69, 9.17) is 0 Å². The predicted molar refractivity (Wildman–Crippen MR) is 85.4 cm³/mol. The van der Waals surface area contributed by atoms with Gasteiger partial charge in [0.05, 0.1) is 12.6 Å². The third-order valence-electron chi connectivity index (χ3n) is 3.74. The first-order valence-corrected chi connectivity index (χ1v) is 7.50. The molecule has 1 atom stereocenters. The Labute approximate surface area is 131 Å². The van der Waals surface area contributed by atoms with Crippen molar-refractivity contribution in [1.82, 2.24) is 15.1 Å². The molecule has 0 unspecified atom stereocenters. The summed E-state index contributed by atoms with van der Waals surface area (Å²) in [6, 6.07) is 11.3. The average Bonchev–Trinajstić information content (AvgIpc) is 2.93. The van der Waals surface area contributed by atoms with Crippen molar-refractivity contribution in [1.29, 1.82) is 0 Å². The van der Waals surface area contributed by atoms with Crippen molar-refractivity contribution in [2.45, 2.75) is 33.4 Å². The van der Waals surface area contributed by atoms with E-state index in [1.807, 2.05) is 51.1 Å². The van der Waals surface area contributed by atoms with Crippen LogP contribution in [0.2, 0.25) is 0 Å². The lowest BCUT2D eigenvalue weighted by atomic mass is 10.0. The second kappa shape index (κ2) is 7.22. The summed E-state index contributed by atoms with van der Waals surface area (Å²) in [4.78, 5) is 14.5. The fourth-order valence-electron chi connectivity index (χ4n) is 2.46. The van der Waals surface area contributed by atoms with Crippen LogP contribution in [0.15, 0.2) is 36.4 Å². The molecular weight excluding hydrogens is 278 g/mol. The standard InChI is InChI=1S/C17H23N3O2/c1-12(2)16(11-21)20(10-14-7-5-4-6-8-14)17(22)15-9-13(3)18-19-15/h4-9,12,16,21H,10-11H2,1-3H3,(H,18,19)/t16-/m1/s1. The van der Waals surface area contributed by atoms with E-state index >= 15 is 0 Å². The van der Waals surface area contributed by atoms with Crippen LogP contribution in [0, 0.1) is 12.8 Å². The number of benzene rings is 1. The van der Waals surface area contributed by atoms with Crippen molar-refractivity contribution in [3.05, 3.63) is 53.3 Å². The second-order valence-electron chi connectivity index (χ2n) is 5.85. The number of nitrogens with zero attached hydrogens (tertiary/aromatic N) is 2. The second-order valence-corrected chi connectivity index (χ2v) is 5.85. The number of aromatic nitrogens is 2. The summed E-state index contributed by atoms with van der Waals surface area (Å²) in [6.45, 7) is 6.25. The van der Waals surface area contributed by atoms with E-state index in [9.17, 15) is 9.90 Å². The van der Waals surface area contributed by atoms with Gasteiger partial charge in [0.2, 0.25) is 0 Å². The highest BCUT2D eigenvalue weighted by molar-refractivity contribution is 5.92. The van der Waals surface area contributed by atoms with E-state index in [1.54, 1.807) is 11.0 Å². The summed E-state index contributed by atoms with van der Waals surface area (Å²) in [5, 5.41) is 16.6. The first kappa shape index (κ1) is 16.2. The van der Waals surface area contributed by atoms with Gasteiger partial charge >= 0.3 is 0 Å². The number of rotatable bonds is 6. The Kier molecular flexibility index (Phi) is 5.33. The number of aliphatic hydroxyl groups excluding tert-OH is 1. The molecule has 0 aliphatic carbocycles. The van der Waals surface area contributed by atoms with Crippen molar-refractivity contribution < 1.29 is 9.90 Å². The molecule has 0 spiro atoms. The smallest absolute Gasteiger partial charge is 0.274 e. The van der Waals surface area contributed by atoms with Crippen LogP contribution in [0.1, 0.15) is 35.6 Å². The van der Waals surface area contributed by atoms with Crippen molar-refractivity contribution in [3.63, 3.8) is 0 Å². The molecule has 1 aromatic carbocycles. The van der Waals surface area contributed by atoms with E-state index in [-0.39, 0.29) is 24.5 Å². The Morgan fingerprint density at radius 1 is 1.32 bits per heavy atom. The maximum atomic E-state index is 12.8. The molecule has 0 bridgehead atoms. The largest absolute Gasteiger partial charge is 0.394 e. The summed E-state index contributed by atoms with van der Waals surface area (Å²) in [5.41, 5.74) is 2.25. The molecule has 118 valence electrons. The van der Waals surface area contributed by atoms with E-state index in [1.165, 1.54) is 0 Å². The summed E-state index contributed by atoms with van der Waals surface area (Å²) in [6.07, 6.45) is 0. The van der Waals surface area contributed by atoms with E-state index in [0.29, 0.717) is 12.2 Å². The monoisotopic (exact) mass is 301 g/mol. The topological polar surface area (TPSA) is 69.2 Å². The fourth-order valence-corrected chi connectivity index (χ4v) is 2.46. The molecule has 0 saturated carbocycles. The maximum absolute atomic E-state index is 12.8. The molecular formula is C17H23N3O2. The maximum Gasteiger partial charge on any atom is 0.274 e. The molecule has 1 heterocycles. The Balaban J connectivity index is 2.30. The fraction of sp³-hybridized carbons (Fsp3) is 0.412. The highest BCUT2D eigenvalue weighted by Crippen LogP contribution is 2.18. The molecule has 2 rings (SSSR count). The van der Waals surface area contributed by atoms with Crippen LogP contribution < -0.4 is 0 Å². The van der Waals surface area contributed by atoms with Crippen LogP contribution in [-0.4, -0.2) is 38.8 Å². The van der Waals surface area contributed by atoms with Gasteiger partial charge in [-0.2, -0.15) is 5.10 Å². The van der Waals surface area contributed by atoms with Crippen LogP contribution in [0.25, 0.3) is 0 Å². The number of hydrogen-bond donors (Lipinski definition) is 2. The third kappa shape index (κ3) is 3.74. The zero-order valence-corrected chi connectivity index (χ0v) is 13.3. The van der Waals surface area contributed by atoms with E-state index in [0.717, 1.165) is 11.3 Å². The van der Waals surface area contributed by atoms with Crippen molar-refractivity contribution >= 4 is 5.91 Å². The van der Waals surface area contributed by atoms with Gasteiger partial charge in [-0.25, -0.2) is 0 Å². The van der Waals surface area contributed by atoms with Crippen LogP contribution in [-0.2, 0) is 6.54 Å². The lowest BCUT2D eigenvalue weighted by Gasteiger charge is -2.33. The van der Waals surface area contributed by atoms with Gasteiger partial charge < -0.3 is 10.0 Å². The first-order chi connectivity index (χ1) is 10.5. The van der Waals surface area contributed by atoms with Gasteiger partial charge in [0.25, 0.3) is 5.91 Å². The van der Waals surface area contributed by atoms with Crippen molar-refractivity contribution in [2.75, 3.05) is 6.61 Å². The zero-order valence-electron chi connectivity index (χ0n) is 13.3. The molecule has 0 radical (unpaired) electrons. The van der Waals surface area contributed by atoms with Crippen LogP contribution in [0.5, 0.6) is 0 Å². The molecule has 5 heteroatoms. The molecule has 2 aromatic rings. The summed E-state index contributed by atoms with van der Waals surface area (Å²) < 4.78 is 0. The molecule has 22 heavy (non-hydrogen) atoms. The Morgan fingerprint density at radius 2 is 2.00 bits per heavy atom. The molecule has 2 N–H and O–H groups in total. The Hall–Kier alpha value is -2.14. The number of carbonyl (C=O) groups is 1. The molecule has 0 aliphatic rings. The van der Waals surface area contributed by atoms with Crippen LogP contribution >= 0.6 is 0 Å². The number of aliphatic hydroxyl groups is 1. The zero-order chi connectivity index (χ0) is 16.1. The van der Waals surface area contributed by atoms with Crippen LogP contribution in [0.3, 0.4) is 0 Å². The number of nitrogens with one attached hydrogen (secondary N) is 1. The SMILES string of the molecule is Cc1cc(C(=O)N(Cc2ccccc2)[C@H](CO)C(C)C)n[nH]1. The minimum atomic E-state index is -0.246. The van der Waals surface area contributed by atoms with E-state index < -0.39 is 0 Å². The molecule has 0 fully saturated rings. The molecule has 1 aromatic heterocycles. The summed E-state index contributed by atoms with van der Waals surface area (Å²) in [7, 11) is 0. The highest BCUT2D eigenvalue weighted by Gasteiger charge is 2.28. The predicted octanol–water partition coefficient (Wildman–Crippen LogP) is 2.38. The molecule has 5 nitrogen and oxygen atoms in total. The van der Waals surface area contributed by atoms with Gasteiger partial charge in [-0.1, -0.05) is 44.2 Å². The van der Waals surface area contributed by atoms with Gasteiger partial charge in [-0.15, -0.1) is 0 Å². The molecule has 1 amide bonds. The first-order valence-electron chi connectivity index (χ1n) is 7.50. The van der Waals surface area contributed by atoms with Crippen LogP contribution in [0.4, 0.5) is 0 Å². The normalized spacial score (nSPS) is 12.4. The van der Waals surface area contributed by atoms with Gasteiger partial charge in [-0.05, 0) is 24.5 Å². The Morgan fingerprint density at radius 3 is 2.50 bits per heavy atom. The lowest BCUT2D eigenvalue weighted by molar-refractivity contribution is 0.0476. The van der Waals surface area contributed by atoms with Gasteiger partial charge in [0, 0.05) is 12.2 Å². The summed E-state index contributed by atoms with van der Waals surface area (Å²) >= 11 is 0. The lowest BCUT2D eigenvalue weighted by Crippen LogP contribution is -2.45. The molecule has 0 saturated heterocycles. The van der Waals surface area contributed by atoms with Gasteiger partial charge in [0.15, 0.2) is 0 Å². The number of carbonyl (C=O) groups excluding carboxylic acids is 1. The highest BCUT2D eigenvalue weighted by atomic mass is 16.3. The van der Waals surface area contributed by atoms with Crippen molar-refractivity contribution in [3.8, 4) is 0 Å². The van der Waals surface area contributed by atoms with Crippen molar-refractivity contribution in [2.24, 2.45) is 5.92 Å². The van der Waals surface area contributed by atoms with E-state index in [2.05, 4.69) is 10.2 Å². The molecule has 0 aliphatic heterocycles. The minimum absolute atomic E-state index is 0.0698. The number of H-pyrrole nitrogens is 1. The number of aryl methyl sites for hydroxylation is 1. The minimum Gasteiger partial charge on any atom is -0.394 e. The number of amides is 1. The summed E-state index contributed by atoms with van der Waals surface area (Å²) in [5.74, 6) is -0.0151. The quantitative estimate of drug-likeness (QED) is 0.860. The Bertz CT molecular complexity index is 607. The van der Waals surface area contributed by atoms with Gasteiger partial charge in [-0.3, -0.25) is 9.89 Å². The van der Waals surface area contributed by atoms with Gasteiger partial charge in [0.1, 0.15) is 5.69 Å². The average molecular weight is 301 g/mol. The number of hydrogen-bond acceptors (Lipinski definition) is 3.